The van der Waals surface area contributed by atoms with E-state index in [0.717, 1.165) is 11.1 Å². The molecule has 0 unspecified atom stereocenters. The molecule has 1 aromatic carbocycles. The average Bonchev–Trinajstić information content (AvgIpc) is 2.76. The summed E-state index contributed by atoms with van der Waals surface area (Å²) in [4.78, 5) is 20.8. The molecule has 0 aliphatic rings. The predicted molar refractivity (Wildman–Crippen MR) is 66.1 cm³/mol. The Kier molecular flexibility index (Phi) is 3.28. The average molecular weight is 261 g/mol. The zero-order valence-electron chi connectivity index (χ0n) is 10.1. The van der Waals surface area contributed by atoms with Crippen LogP contribution >= 0.6 is 0 Å². The van der Waals surface area contributed by atoms with E-state index in [4.69, 9.17) is 5.11 Å². The Hall–Kier alpha value is -2.70. The molecule has 0 saturated carbocycles. The largest absolute Gasteiger partial charge is 0.477 e. The SMILES string of the molecule is Cc1ccc(Cn2cc(C(=O)O)c([N+](=O)[O-])n2)cc1. The van der Waals surface area contributed by atoms with Gasteiger partial charge in [-0.25, -0.2) is 4.79 Å². The third-order valence-corrected chi connectivity index (χ3v) is 2.61. The maximum atomic E-state index is 10.9. The van der Waals surface area contributed by atoms with Crippen LogP contribution in [0.1, 0.15) is 21.5 Å². The second-order valence-electron chi connectivity index (χ2n) is 4.11. The molecule has 1 aromatic heterocycles. The number of nitro groups is 1. The molecule has 0 radical (unpaired) electrons. The van der Waals surface area contributed by atoms with Crippen LogP contribution < -0.4 is 0 Å². The molecule has 7 heteroatoms. The number of aromatic nitrogens is 2. The number of carboxylic acid groups (broad SMARTS) is 1. The van der Waals surface area contributed by atoms with Gasteiger partial charge < -0.3 is 15.2 Å². The van der Waals surface area contributed by atoms with Crippen molar-refractivity contribution in [1.82, 2.24) is 9.78 Å². The van der Waals surface area contributed by atoms with Crippen molar-refractivity contribution in [3.8, 4) is 0 Å². The van der Waals surface area contributed by atoms with E-state index in [-0.39, 0.29) is 6.54 Å². The summed E-state index contributed by atoms with van der Waals surface area (Å²) in [6.07, 6.45) is 1.17. The lowest BCUT2D eigenvalue weighted by Gasteiger charge is -1.98. The van der Waals surface area contributed by atoms with Crippen LogP contribution in [0.25, 0.3) is 0 Å². The van der Waals surface area contributed by atoms with E-state index >= 15 is 0 Å². The fourth-order valence-electron chi connectivity index (χ4n) is 1.66. The summed E-state index contributed by atoms with van der Waals surface area (Å²) >= 11 is 0. The van der Waals surface area contributed by atoms with Crippen LogP contribution in [-0.2, 0) is 6.54 Å². The van der Waals surface area contributed by atoms with E-state index in [1.54, 1.807) is 0 Å². The molecule has 0 bridgehead atoms. The predicted octanol–water partition coefficient (Wildman–Crippen LogP) is 1.85. The first kappa shape index (κ1) is 12.7. The Morgan fingerprint density at radius 3 is 2.53 bits per heavy atom. The highest BCUT2D eigenvalue weighted by molar-refractivity contribution is 5.91. The van der Waals surface area contributed by atoms with Crippen LogP contribution in [0.5, 0.6) is 0 Å². The normalized spacial score (nSPS) is 10.4. The van der Waals surface area contributed by atoms with Gasteiger partial charge in [-0.1, -0.05) is 29.8 Å². The van der Waals surface area contributed by atoms with Crippen molar-refractivity contribution in [3.05, 3.63) is 57.3 Å². The van der Waals surface area contributed by atoms with E-state index in [1.165, 1.54) is 10.9 Å². The van der Waals surface area contributed by atoms with Gasteiger partial charge in [0, 0.05) is 0 Å². The minimum atomic E-state index is -1.36. The summed E-state index contributed by atoms with van der Waals surface area (Å²) in [5, 5.41) is 23.3. The van der Waals surface area contributed by atoms with Crippen molar-refractivity contribution in [1.29, 1.82) is 0 Å². The third kappa shape index (κ3) is 2.76. The van der Waals surface area contributed by atoms with Crippen LogP contribution in [0.15, 0.2) is 30.5 Å². The highest BCUT2D eigenvalue weighted by Crippen LogP contribution is 2.16. The maximum Gasteiger partial charge on any atom is 0.404 e. The summed E-state index contributed by atoms with van der Waals surface area (Å²) in [6, 6.07) is 7.54. The van der Waals surface area contributed by atoms with Gasteiger partial charge in [-0.3, -0.25) is 0 Å². The van der Waals surface area contributed by atoms with Crippen LogP contribution in [0.2, 0.25) is 0 Å². The third-order valence-electron chi connectivity index (χ3n) is 2.61. The van der Waals surface area contributed by atoms with Gasteiger partial charge in [0.05, 0.1) is 17.8 Å². The molecule has 0 atom stereocenters. The van der Waals surface area contributed by atoms with E-state index in [2.05, 4.69) is 5.10 Å². The highest BCUT2D eigenvalue weighted by atomic mass is 16.6. The summed E-state index contributed by atoms with van der Waals surface area (Å²) in [5.74, 6) is -2.00. The van der Waals surface area contributed by atoms with Crippen molar-refractivity contribution in [3.63, 3.8) is 0 Å². The molecule has 0 amide bonds. The Balaban J connectivity index is 2.31. The second kappa shape index (κ2) is 4.89. The molecular formula is C12H11N3O4. The van der Waals surface area contributed by atoms with Gasteiger partial charge in [-0.05, 0) is 17.4 Å². The molecule has 2 aromatic rings. The molecule has 98 valence electrons. The molecule has 0 fully saturated rings. The lowest BCUT2D eigenvalue weighted by Crippen LogP contribution is -2.01. The standard InChI is InChI=1S/C12H11N3O4/c1-8-2-4-9(5-3-8)6-14-7-10(12(16)17)11(13-14)15(18)19/h2-5,7H,6H2,1H3,(H,16,17). The Bertz CT molecular complexity index is 599. The van der Waals surface area contributed by atoms with Crippen molar-refractivity contribution in [2.24, 2.45) is 0 Å². The van der Waals surface area contributed by atoms with Crippen LogP contribution in [0.4, 0.5) is 5.82 Å². The Morgan fingerprint density at radius 2 is 2.05 bits per heavy atom. The van der Waals surface area contributed by atoms with Crippen molar-refractivity contribution in [2.75, 3.05) is 0 Å². The summed E-state index contributed by atoms with van der Waals surface area (Å²) in [5.41, 5.74) is 1.58. The van der Waals surface area contributed by atoms with Gasteiger partial charge >= 0.3 is 11.8 Å². The number of aromatic carboxylic acids is 1. The monoisotopic (exact) mass is 261 g/mol. The van der Waals surface area contributed by atoms with E-state index in [0.29, 0.717) is 0 Å². The number of carboxylic acids is 1. The zero-order chi connectivity index (χ0) is 14.0. The smallest absolute Gasteiger partial charge is 0.404 e. The maximum absolute atomic E-state index is 10.9. The van der Waals surface area contributed by atoms with Gasteiger partial charge in [0.1, 0.15) is 0 Å². The number of aryl methyl sites for hydroxylation is 1. The van der Waals surface area contributed by atoms with Crippen LogP contribution in [0, 0.1) is 17.0 Å². The van der Waals surface area contributed by atoms with Crippen LogP contribution in [0.3, 0.4) is 0 Å². The highest BCUT2D eigenvalue weighted by Gasteiger charge is 2.25. The molecule has 2 rings (SSSR count). The lowest BCUT2D eigenvalue weighted by atomic mass is 10.1. The number of hydrogen-bond donors (Lipinski definition) is 1. The van der Waals surface area contributed by atoms with Gasteiger partial charge in [0.15, 0.2) is 5.56 Å². The number of nitrogens with zero attached hydrogens (tertiary/aromatic N) is 3. The van der Waals surface area contributed by atoms with Crippen LogP contribution in [-0.4, -0.2) is 25.8 Å². The number of rotatable bonds is 4. The first-order chi connectivity index (χ1) is 8.97. The first-order valence-corrected chi connectivity index (χ1v) is 5.48. The molecule has 0 aliphatic carbocycles. The zero-order valence-corrected chi connectivity index (χ0v) is 10.1. The molecule has 1 N–H and O–H groups in total. The Morgan fingerprint density at radius 1 is 1.42 bits per heavy atom. The van der Waals surface area contributed by atoms with E-state index in [9.17, 15) is 14.9 Å². The molecule has 0 saturated heterocycles. The molecule has 19 heavy (non-hydrogen) atoms. The lowest BCUT2D eigenvalue weighted by molar-refractivity contribution is -0.390. The number of carbonyl (C=O) groups is 1. The minimum Gasteiger partial charge on any atom is -0.477 e. The second-order valence-corrected chi connectivity index (χ2v) is 4.11. The molecule has 0 spiro atoms. The van der Waals surface area contributed by atoms with Crippen molar-refractivity contribution in [2.45, 2.75) is 13.5 Å². The topological polar surface area (TPSA) is 98.3 Å². The number of benzene rings is 1. The van der Waals surface area contributed by atoms with Crippen molar-refractivity contribution >= 4 is 11.8 Å². The van der Waals surface area contributed by atoms with Gasteiger partial charge in [-0.15, -0.1) is 0 Å². The van der Waals surface area contributed by atoms with Crippen molar-refractivity contribution < 1.29 is 14.8 Å². The Labute approximate surface area is 108 Å². The summed E-state index contributed by atoms with van der Waals surface area (Å²) in [6.45, 7) is 2.24. The van der Waals surface area contributed by atoms with Gasteiger partial charge in [0.2, 0.25) is 0 Å². The molecule has 7 nitrogen and oxygen atoms in total. The minimum absolute atomic E-state index is 0.286. The molecule has 1 heterocycles. The summed E-state index contributed by atoms with van der Waals surface area (Å²) < 4.78 is 1.26. The number of hydrogen-bond acceptors (Lipinski definition) is 4. The molecule has 0 aliphatic heterocycles. The fourth-order valence-corrected chi connectivity index (χ4v) is 1.66. The fraction of sp³-hybridized carbons (Fsp3) is 0.167. The molecular weight excluding hydrogens is 250 g/mol. The van der Waals surface area contributed by atoms with E-state index < -0.39 is 22.3 Å². The van der Waals surface area contributed by atoms with Gasteiger partial charge in [0.25, 0.3) is 0 Å². The quantitative estimate of drug-likeness (QED) is 0.668. The van der Waals surface area contributed by atoms with E-state index in [1.807, 2.05) is 31.2 Å². The van der Waals surface area contributed by atoms with Gasteiger partial charge in [-0.2, -0.15) is 4.68 Å². The first-order valence-electron chi connectivity index (χ1n) is 5.48. The summed E-state index contributed by atoms with van der Waals surface area (Å²) in [7, 11) is 0.